The first-order valence-electron chi connectivity index (χ1n) is 9.17. The number of halogens is 1. The van der Waals surface area contributed by atoms with Crippen molar-refractivity contribution in [2.24, 2.45) is 0 Å². The molecule has 0 saturated carbocycles. The molecule has 9 heteroatoms. The van der Waals surface area contributed by atoms with Gasteiger partial charge in [-0.15, -0.1) is 11.8 Å². The van der Waals surface area contributed by atoms with Crippen molar-refractivity contribution >= 4 is 52.2 Å². The minimum Gasteiger partial charge on any atom is -0.325 e. The third-order valence-electron chi connectivity index (χ3n) is 4.34. The van der Waals surface area contributed by atoms with Crippen LogP contribution in [0.1, 0.15) is 15.9 Å². The number of nitro groups is 1. The summed E-state index contributed by atoms with van der Waals surface area (Å²) < 4.78 is 0. The Morgan fingerprint density at radius 3 is 2.45 bits per heavy atom. The normalized spacial score (nSPS) is 10.4. The van der Waals surface area contributed by atoms with Crippen LogP contribution in [0.2, 0.25) is 5.02 Å². The van der Waals surface area contributed by atoms with Gasteiger partial charge in [-0.1, -0.05) is 23.7 Å². The van der Waals surface area contributed by atoms with Crippen LogP contribution in [0.3, 0.4) is 0 Å². The fourth-order valence-corrected chi connectivity index (χ4v) is 3.55. The van der Waals surface area contributed by atoms with Crippen LogP contribution in [-0.4, -0.2) is 22.5 Å². The monoisotopic (exact) mass is 455 g/mol. The fourth-order valence-electron chi connectivity index (χ4n) is 2.68. The predicted molar refractivity (Wildman–Crippen MR) is 123 cm³/mol. The van der Waals surface area contributed by atoms with Gasteiger partial charge in [-0.25, -0.2) is 0 Å². The van der Waals surface area contributed by atoms with Gasteiger partial charge >= 0.3 is 0 Å². The highest BCUT2D eigenvalue weighted by molar-refractivity contribution is 8.00. The van der Waals surface area contributed by atoms with Crippen molar-refractivity contribution in [1.82, 2.24) is 0 Å². The highest BCUT2D eigenvalue weighted by Crippen LogP contribution is 2.25. The second-order valence-corrected chi connectivity index (χ2v) is 7.99. The molecular weight excluding hydrogens is 438 g/mol. The topological polar surface area (TPSA) is 101 Å². The van der Waals surface area contributed by atoms with Crippen LogP contribution in [0.15, 0.2) is 71.6 Å². The van der Waals surface area contributed by atoms with E-state index in [0.29, 0.717) is 16.4 Å². The number of nitrogens with one attached hydrogen (secondary N) is 2. The molecule has 2 N–H and O–H groups in total. The largest absolute Gasteiger partial charge is 0.325 e. The van der Waals surface area contributed by atoms with Crippen molar-refractivity contribution < 1.29 is 14.5 Å². The molecule has 2 amide bonds. The minimum absolute atomic E-state index is 0.148. The predicted octanol–water partition coefficient (Wildman–Crippen LogP) is 5.54. The third-order valence-corrected chi connectivity index (χ3v) is 5.76. The van der Waals surface area contributed by atoms with Crippen LogP contribution in [0, 0.1) is 17.0 Å². The van der Waals surface area contributed by atoms with Crippen molar-refractivity contribution in [3.8, 4) is 0 Å². The Morgan fingerprint density at radius 2 is 1.74 bits per heavy atom. The highest BCUT2D eigenvalue weighted by Gasteiger charge is 2.12. The number of hydrogen-bond donors (Lipinski definition) is 2. The van der Waals surface area contributed by atoms with Gasteiger partial charge in [0.25, 0.3) is 11.6 Å². The van der Waals surface area contributed by atoms with Gasteiger partial charge in [-0.2, -0.15) is 0 Å². The van der Waals surface area contributed by atoms with E-state index in [1.165, 1.54) is 36.0 Å². The summed E-state index contributed by atoms with van der Waals surface area (Å²) in [5.74, 6) is -0.385. The molecule has 0 bridgehead atoms. The van der Waals surface area contributed by atoms with E-state index in [-0.39, 0.29) is 22.9 Å². The quantitative estimate of drug-likeness (QED) is 0.276. The Labute approximate surface area is 188 Å². The molecule has 158 valence electrons. The van der Waals surface area contributed by atoms with Crippen molar-refractivity contribution in [3.63, 3.8) is 0 Å². The average molecular weight is 456 g/mol. The van der Waals surface area contributed by atoms with Crippen molar-refractivity contribution in [2.45, 2.75) is 11.8 Å². The Morgan fingerprint density at radius 1 is 1.03 bits per heavy atom. The second kappa shape index (κ2) is 10.1. The maximum absolute atomic E-state index is 12.3. The molecular formula is C22H18ClN3O4S. The summed E-state index contributed by atoms with van der Waals surface area (Å²) >= 11 is 7.42. The number of rotatable bonds is 7. The summed E-state index contributed by atoms with van der Waals surface area (Å²) in [5.41, 5.74) is 2.08. The number of carbonyl (C=O) groups excluding carboxylic acids is 2. The van der Waals surface area contributed by atoms with Crippen LogP contribution >= 0.6 is 23.4 Å². The third kappa shape index (κ3) is 6.07. The molecule has 0 heterocycles. The lowest BCUT2D eigenvalue weighted by Gasteiger charge is -2.10. The van der Waals surface area contributed by atoms with Crippen LogP contribution in [0.25, 0.3) is 0 Å². The number of amides is 2. The van der Waals surface area contributed by atoms with Gasteiger partial charge < -0.3 is 10.6 Å². The zero-order chi connectivity index (χ0) is 22.4. The van der Waals surface area contributed by atoms with Crippen LogP contribution in [-0.2, 0) is 4.79 Å². The molecule has 3 aromatic rings. The van der Waals surface area contributed by atoms with E-state index < -0.39 is 10.8 Å². The van der Waals surface area contributed by atoms with Crippen LogP contribution < -0.4 is 10.6 Å². The van der Waals surface area contributed by atoms with Gasteiger partial charge in [0.2, 0.25) is 5.91 Å². The average Bonchev–Trinajstić information content (AvgIpc) is 2.76. The van der Waals surface area contributed by atoms with Gasteiger partial charge in [0.1, 0.15) is 0 Å². The fraction of sp³-hybridized carbons (Fsp3) is 0.0909. The maximum Gasteiger partial charge on any atom is 0.270 e. The Bertz CT molecular complexity index is 1140. The molecule has 3 rings (SSSR count). The van der Waals surface area contributed by atoms with E-state index in [0.717, 1.165) is 10.5 Å². The summed E-state index contributed by atoms with van der Waals surface area (Å²) in [5, 5.41) is 17.0. The standard InChI is InChI=1S/C22H18ClN3O4S/c1-14-19(23)6-3-7-20(14)25-21(27)13-31-18-10-8-16(9-11-18)24-22(28)15-4-2-5-17(12-15)26(29)30/h2-12H,13H2,1H3,(H,24,28)(H,25,27). The number of non-ortho nitro benzene ring substituents is 1. The van der Waals surface area contributed by atoms with Crippen molar-refractivity contribution in [2.75, 3.05) is 16.4 Å². The second-order valence-electron chi connectivity index (χ2n) is 6.54. The maximum atomic E-state index is 12.3. The van der Waals surface area contributed by atoms with E-state index >= 15 is 0 Å². The van der Waals surface area contributed by atoms with E-state index in [1.54, 1.807) is 42.5 Å². The summed E-state index contributed by atoms with van der Waals surface area (Å²) in [7, 11) is 0. The summed E-state index contributed by atoms with van der Waals surface area (Å²) in [6.45, 7) is 1.84. The molecule has 0 unspecified atom stereocenters. The zero-order valence-corrected chi connectivity index (χ0v) is 18.0. The Balaban J connectivity index is 1.54. The van der Waals surface area contributed by atoms with Gasteiger partial charge in [0.15, 0.2) is 0 Å². The molecule has 0 spiro atoms. The molecule has 0 aliphatic rings. The first-order chi connectivity index (χ1) is 14.8. The van der Waals surface area contributed by atoms with E-state index in [1.807, 2.05) is 6.92 Å². The number of thioether (sulfide) groups is 1. The summed E-state index contributed by atoms with van der Waals surface area (Å²) in [6.07, 6.45) is 0. The molecule has 0 aliphatic carbocycles. The molecule has 0 aliphatic heterocycles. The molecule has 3 aromatic carbocycles. The number of benzene rings is 3. The number of hydrogen-bond acceptors (Lipinski definition) is 5. The molecule has 0 radical (unpaired) electrons. The van der Waals surface area contributed by atoms with Gasteiger partial charge in [0.05, 0.1) is 10.7 Å². The number of nitrogens with zero attached hydrogens (tertiary/aromatic N) is 1. The number of anilines is 2. The first kappa shape index (κ1) is 22.3. The molecule has 7 nitrogen and oxygen atoms in total. The van der Waals surface area contributed by atoms with Crippen LogP contribution in [0.4, 0.5) is 17.1 Å². The van der Waals surface area contributed by atoms with E-state index in [2.05, 4.69) is 10.6 Å². The van der Waals surface area contributed by atoms with E-state index in [4.69, 9.17) is 11.6 Å². The van der Waals surface area contributed by atoms with Gasteiger partial charge in [0, 0.05) is 39.0 Å². The number of carbonyl (C=O) groups is 2. The summed E-state index contributed by atoms with van der Waals surface area (Å²) in [6, 6.07) is 17.8. The molecule has 0 saturated heterocycles. The zero-order valence-electron chi connectivity index (χ0n) is 16.4. The molecule has 31 heavy (non-hydrogen) atoms. The molecule has 0 aromatic heterocycles. The Kier molecular flexibility index (Phi) is 7.28. The highest BCUT2D eigenvalue weighted by atomic mass is 35.5. The lowest BCUT2D eigenvalue weighted by molar-refractivity contribution is -0.384. The smallest absolute Gasteiger partial charge is 0.270 e. The van der Waals surface area contributed by atoms with Gasteiger partial charge in [-0.3, -0.25) is 19.7 Å². The van der Waals surface area contributed by atoms with Crippen molar-refractivity contribution in [1.29, 1.82) is 0 Å². The molecule has 0 atom stereocenters. The number of nitro benzene ring substituents is 1. The summed E-state index contributed by atoms with van der Waals surface area (Å²) in [4.78, 5) is 35.7. The Hall–Kier alpha value is -3.36. The van der Waals surface area contributed by atoms with E-state index in [9.17, 15) is 19.7 Å². The lowest BCUT2D eigenvalue weighted by Crippen LogP contribution is -2.14. The van der Waals surface area contributed by atoms with Crippen molar-refractivity contribution in [3.05, 3.63) is 93.0 Å². The molecule has 0 fully saturated rings. The SMILES string of the molecule is Cc1c(Cl)cccc1NC(=O)CSc1ccc(NC(=O)c2cccc([N+](=O)[O-])c2)cc1. The lowest BCUT2D eigenvalue weighted by atomic mass is 10.2. The minimum atomic E-state index is -0.549. The first-order valence-corrected chi connectivity index (χ1v) is 10.5. The van der Waals surface area contributed by atoms with Gasteiger partial charge in [-0.05, 0) is 55.0 Å². The van der Waals surface area contributed by atoms with Crippen LogP contribution in [0.5, 0.6) is 0 Å².